The van der Waals surface area contributed by atoms with Gasteiger partial charge in [-0.1, -0.05) is 12.1 Å². The molecule has 0 saturated carbocycles. The molecule has 17 heavy (non-hydrogen) atoms. The molecule has 1 rings (SSSR count). The minimum Gasteiger partial charge on any atom is -0.399 e. The van der Waals surface area contributed by atoms with Gasteiger partial charge in [0.1, 0.15) is 0 Å². The average molecular weight is 235 g/mol. The van der Waals surface area contributed by atoms with Gasteiger partial charge in [0.05, 0.1) is 6.42 Å². The molecule has 0 aliphatic rings. The van der Waals surface area contributed by atoms with Crippen LogP contribution >= 0.6 is 0 Å². The molecule has 0 unspecified atom stereocenters. The van der Waals surface area contributed by atoms with Gasteiger partial charge in [0.25, 0.3) is 0 Å². The van der Waals surface area contributed by atoms with Crippen molar-refractivity contribution in [1.82, 2.24) is 10.2 Å². The van der Waals surface area contributed by atoms with Crippen molar-refractivity contribution in [3.63, 3.8) is 0 Å². The molecule has 0 fully saturated rings. The highest BCUT2D eigenvalue weighted by Gasteiger charge is 2.08. The monoisotopic (exact) mass is 235 g/mol. The summed E-state index contributed by atoms with van der Waals surface area (Å²) in [5, 5.41) is 3.07. The molecule has 0 aliphatic heterocycles. The highest BCUT2D eigenvalue weighted by Crippen LogP contribution is 2.07. The van der Waals surface area contributed by atoms with Gasteiger partial charge in [0.2, 0.25) is 5.91 Å². The first-order valence-corrected chi connectivity index (χ1v) is 5.86. The number of rotatable bonds is 6. The van der Waals surface area contributed by atoms with Crippen LogP contribution in [0.15, 0.2) is 24.3 Å². The highest BCUT2D eigenvalue weighted by atomic mass is 16.2. The molecule has 0 bridgehead atoms. The normalized spacial score (nSPS) is 10.2. The van der Waals surface area contributed by atoms with Crippen LogP contribution < -0.4 is 11.1 Å². The van der Waals surface area contributed by atoms with E-state index in [0.717, 1.165) is 30.8 Å². The number of nitrogens with two attached hydrogens (primary N) is 1. The average Bonchev–Trinajstić information content (AvgIpc) is 2.32. The summed E-state index contributed by atoms with van der Waals surface area (Å²) in [6.45, 7) is 1.72. The van der Waals surface area contributed by atoms with E-state index in [4.69, 9.17) is 5.73 Å². The minimum atomic E-state index is 0.144. The Morgan fingerprint density at radius 3 is 2.59 bits per heavy atom. The number of hydrogen-bond acceptors (Lipinski definition) is 3. The van der Waals surface area contributed by atoms with Gasteiger partial charge < -0.3 is 16.0 Å². The van der Waals surface area contributed by atoms with Crippen molar-refractivity contribution in [1.29, 1.82) is 0 Å². The van der Waals surface area contributed by atoms with Crippen molar-refractivity contribution in [2.75, 3.05) is 32.9 Å². The van der Waals surface area contributed by atoms with Crippen molar-refractivity contribution in [2.24, 2.45) is 0 Å². The second kappa shape index (κ2) is 6.91. The van der Waals surface area contributed by atoms with Gasteiger partial charge in [-0.05, 0) is 37.7 Å². The first-order valence-electron chi connectivity index (χ1n) is 5.86. The molecule has 0 saturated heterocycles. The van der Waals surface area contributed by atoms with Gasteiger partial charge in [-0.2, -0.15) is 0 Å². The number of nitrogens with one attached hydrogen (secondary N) is 1. The van der Waals surface area contributed by atoms with Gasteiger partial charge in [-0.25, -0.2) is 0 Å². The molecule has 0 heterocycles. The molecule has 94 valence electrons. The summed E-state index contributed by atoms with van der Waals surface area (Å²) in [6.07, 6.45) is 1.41. The number of amides is 1. The summed E-state index contributed by atoms with van der Waals surface area (Å²) < 4.78 is 0. The van der Waals surface area contributed by atoms with Crippen LogP contribution in [-0.2, 0) is 11.2 Å². The number of hydrogen-bond donors (Lipinski definition) is 2. The fourth-order valence-electron chi connectivity index (χ4n) is 1.56. The fraction of sp³-hybridized carbons (Fsp3) is 0.462. The van der Waals surface area contributed by atoms with Gasteiger partial charge >= 0.3 is 0 Å². The molecule has 0 aliphatic carbocycles. The maximum absolute atomic E-state index is 11.9. The van der Waals surface area contributed by atoms with Crippen LogP contribution in [0.3, 0.4) is 0 Å². The van der Waals surface area contributed by atoms with Crippen LogP contribution in [0.4, 0.5) is 5.69 Å². The third-order valence-electron chi connectivity index (χ3n) is 2.68. The topological polar surface area (TPSA) is 58.4 Å². The van der Waals surface area contributed by atoms with Crippen LogP contribution in [0.25, 0.3) is 0 Å². The zero-order chi connectivity index (χ0) is 12.7. The Bertz CT molecular complexity index is 348. The summed E-state index contributed by atoms with van der Waals surface area (Å²) in [4.78, 5) is 13.6. The molecule has 0 aromatic heterocycles. The van der Waals surface area contributed by atoms with Gasteiger partial charge in [0, 0.05) is 19.3 Å². The molecular formula is C13H21N3O. The second-order valence-electron chi connectivity index (χ2n) is 4.19. The lowest BCUT2D eigenvalue weighted by Gasteiger charge is -2.17. The summed E-state index contributed by atoms with van der Waals surface area (Å²) in [6, 6.07) is 7.44. The molecule has 4 nitrogen and oxygen atoms in total. The summed E-state index contributed by atoms with van der Waals surface area (Å²) in [5.41, 5.74) is 7.33. The van der Waals surface area contributed by atoms with Crippen LogP contribution in [0, 0.1) is 0 Å². The second-order valence-corrected chi connectivity index (χ2v) is 4.19. The molecule has 1 amide bonds. The zero-order valence-electron chi connectivity index (χ0n) is 10.6. The Hall–Kier alpha value is -1.55. The molecular weight excluding hydrogens is 214 g/mol. The number of carbonyl (C=O) groups is 1. The lowest BCUT2D eigenvalue weighted by atomic mass is 10.1. The van der Waals surface area contributed by atoms with E-state index in [1.807, 2.05) is 38.4 Å². The summed E-state index contributed by atoms with van der Waals surface area (Å²) in [5.74, 6) is 0.144. The van der Waals surface area contributed by atoms with E-state index in [9.17, 15) is 4.79 Å². The van der Waals surface area contributed by atoms with Crippen LogP contribution in [-0.4, -0.2) is 38.0 Å². The van der Waals surface area contributed by atoms with Gasteiger partial charge in [0.15, 0.2) is 0 Å². The number of likely N-dealkylation sites (N-methyl/N-ethyl adjacent to an activating group) is 1. The van der Waals surface area contributed by atoms with Crippen LogP contribution in [0.2, 0.25) is 0 Å². The lowest BCUT2D eigenvalue weighted by Crippen LogP contribution is -2.30. The third kappa shape index (κ3) is 4.87. The fourth-order valence-corrected chi connectivity index (χ4v) is 1.56. The van der Waals surface area contributed by atoms with Gasteiger partial charge in [-0.3, -0.25) is 4.79 Å². The van der Waals surface area contributed by atoms with Crippen LogP contribution in [0.1, 0.15) is 12.0 Å². The van der Waals surface area contributed by atoms with Gasteiger partial charge in [-0.15, -0.1) is 0 Å². The maximum Gasteiger partial charge on any atom is 0.226 e. The number of anilines is 1. The highest BCUT2D eigenvalue weighted by molar-refractivity contribution is 5.78. The first kappa shape index (κ1) is 13.5. The molecule has 1 aromatic rings. The van der Waals surface area contributed by atoms with Crippen molar-refractivity contribution in [3.8, 4) is 0 Å². The molecule has 1 aromatic carbocycles. The quantitative estimate of drug-likeness (QED) is 0.568. The summed E-state index contributed by atoms with van der Waals surface area (Å²) in [7, 11) is 3.76. The predicted octanol–water partition coefficient (Wildman–Crippen LogP) is 0.879. The number of nitrogen functional groups attached to an aromatic ring is 1. The summed E-state index contributed by atoms with van der Waals surface area (Å²) >= 11 is 0. The number of carbonyl (C=O) groups excluding carboxylic acids is 1. The van der Waals surface area contributed by atoms with E-state index >= 15 is 0 Å². The standard InChI is InChI=1S/C13H21N3O/c1-15-8-3-9-16(2)13(17)10-11-4-6-12(14)7-5-11/h4-7,15H,3,8-10,14H2,1-2H3. The van der Waals surface area contributed by atoms with E-state index in [1.54, 1.807) is 4.90 Å². The van der Waals surface area contributed by atoms with E-state index in [2.05, 4.69) is 5.32 Å². The van der Waals surface area contributed by atoms with E-state index in [-0.39, 0.29) is 5.91 Å². The minimum absolute atomic E-state index is 0.144. The van der Waals surface area contributed by atoms with E-state index < -0.39 is 0 Å². The molecule has 3 N–H and O–H groups in total. The predicted molar refractivity (Wildman–Crippen MR) is 70.7 cm³/mol. The Morgan fingerprint density at radius 1 is 1.35 bits per heavy atom. The van der Waals surface area contributed by atoms with Crippen molar-refractivity contribution < 1.29 is 4.79 Å². The smallest absolute Gasteiger partial charge is 0.226 e. The molecule has 0 radical (unpaired) electrons. The van der Waals surface area contributed by atoms with E-state index in [1.165, 1.54) is 0 Å². The van der Waals surface area contributed by atoms with Crippen LogP contribution in [0.5, 0.6) is 0 Å². The molecule has 4 heteroatoms. The Morgan fingerprint density at radius 2 is 2.00 bits per heavy atom. The Labute approximate surface area is 103 Å². The van der Waals surface area contributed by atoms with E-state index in [0.29, 0.717) is 6.42 Å². The van der Waals surface area contributed by atoms with Crippen molar-refractivity contribution in [2.45, 2.75) is 12.8 Å². The molecule has 0 spiro atoms. The number of nitrogens with zero attached hydrogens (tertiary/aromatic N) is 1. The maximum atomic E-state index is 11.9. The third-order valence-corrected chi connectivity index (χ3v) is 2.68. The zero-order valence-corrected chi connectivity index (χ0v) is 10.6. The first-order chi connectivity index (χ1) is 8.13. The number of benzene rings is 1. The van der Waals surface area contributed by atoms with Crippen molar-refractivity contribution in [3.05, 3.63) is 29.8 Å². The van der Waals surface area contributed by atoms with Crippen molar-refractivity contribution >= 4 is 11.6 Å². The Balaban J connectivity index is 2.40. The molecule has 0 atom stereocenters. The largest absolute Gasteiger partial charge is 0.399 e. The lowest BCUT2D eigenvalue weighted by molar-refractivity contribution is -0.129. The SMILES string of the molecule is CNCCCN(C)C(=O)Cc1ccc(N)cc1. The Kier molecular flexibility index (Phi) is 5.49.